The van der Waals surface area contributed by atoms with Crippen LogP contribution in [0, 0.1) is 6.92 Å². The maximum absolute atomic E-state index is 12.6. The van der Waals surface area contributed by atoms with Crippen LogP contribution in [0.4, 0.5) is 5.82 Å². The minimum absolute atomic E-state index is 0.186. The SMILES string of the molecule is CCCC(CCC)N1CCN(c2ncc(-c3n[nH]c(C)n3)[nH]c2=O)CC1C. The molecule has 3 heterocycles. The highest BCUT2D eigenvalue weighted by Gasteiger charge is 2.30. The lowest BCUT2D eigenvalue weighted by molar-refractivity contribution is 0.114. The Kier molecular flexibility index (Phi) is 6.26. The van der Waals surface area contributed by atoms with Crippen molar-refractivity contribution < 1.29 is 0 Å². The third-order valence-electron chi connectivity index (χ3n) is 5.30. The standard InChI is InChI=1S/C19H31N7O/c1-5-7-15(8-6-2)26-10-9-25(12-13(26)3)18-19(27)22-16(11-20-18)17-21-14(4)23-24-17/h11,13,15H,5-10,12H2,1-4H3,(H,22,27)(H,21,23,24). The van der Waals surface area contributed by atoms with Gasteiger partial charge in [-0.15, -0.1) is 0 Å². The molecule has 2 aromatic heterocycles. The molecule has 8 heteroatoms. The summed E-state index contributed by atoms with van der Waals surface area (Å²) < 4.78 is 0. The fraction of sp³-hybridized carbons (Fsp3) is 0.684. The van der Waals surface area contributed by atoms with Gasteiger partial charge in [-0.1, -0.05) is 26.7 Å². The molecule has 0 saturated carbocycles. The Morgan fingerprint density at radius 3 is 2.56 bits per heavy atom. The van der Waals surface area contributed by atoms with Gasteiger partial charge in [0.1, 0.15) is 11.5 Å². The summed E-state index contributed by atoms with van der Waals surface area (Å²) in [7, 11) is 0. The van der Waals surface area contributed by atoms with Crippen molar-refractivity contribution in [1.82, 2.24) is 30.0 Å². The molecule has 1 unspecified atom stereocenters. The van der Waals surface area contributed by atoms with Gasteiger partial charge in [-0.2, -0.15) is 5.10 Å². The summed E-state index contributed by atoms with van der Waals surface area (Å²) in [6, 6.07) is 1.04. The molecular formula is C19H31N7O. The Morgan fingerprint density at radius 1 is 1.26 bits per heavy atom. The van der Waals surface area contributed by atoms with E-state index in [2.05, 4.69) is 55.7 Å². The Bertz CT molecular complexity index is 793. The zero-order valence-electron chi connectivity index (χ0n) is 16.8. The minimum Gasteiger partial charge on any atom is -0.349 e. The van der Waals surface area contributed by atoms with Crippen LogP contribution in [-0.4, -0.2) is 61.8 Å². The first-order valence-electron chi connectivity index (χ1n) is 10.0. The van der Waals surface area contributed by atoms with Crippen molar-refractivity contribution in [3.8, 4) is 11.5 Å². The molecule has 0 aromatic carbocycles. The molecule has 1 fully saturated rings. The van der Waals surface area contributed by atoms with Crippen molar-refractivity contribution in [3.63, 3.8) is 0 Å². The minimum atomic E-state index is -0.186. The van der Waals surface area contributed by atoms with Crippen LogP contribution in [0.1, 0.15) is 52.3 Å². The van der Waals surface area contributed by atoms with E-state index in [4.69, 9.17) is 0 Å². The van der Waals surface area contributed by atoms with Gasteiger partial charge in [-0.3, -0.25) is 14.8 Å². The molecule has 0 bridgehead atoms. The number of nitrogens with one attached hydrogen (secondary N) is 2. The Hall–Kier alpha value is -2.22. The maximum atomic E-state index is 12.6. The van der Waals surface area contributed by atoms with E-state index < -0.39 is 0 Å². The third kappa shape index (κ3) is 4.37. The summed E-state index contributed by atoms with van der Waals surface area (Å²) in [5.74, 6) is 1.65. The van der Waals surface area contributed by atoms with Crippen LogP contribution in [-0.2, 0) is 0 Å². The van der Waals surface area contributed by atoms with Crippen molar-refractivity contribution in [1.29, 1.82) is 0 Å². The van der Waals surface area contributed by atoms with Gasteiger partial charge in [0.25, 0.3) is 5.56 Å². The molecule has 0 amide bonds. The van der Waals surface area contributed by atoms with Crippen molar-refractivity contribution >= 4 is 5.82 Å². The number of piperazine rings is 1. The summed E-state index contributed by atoms with van der Waals surface area (Å²) in [5, 5.41) is 6.86. The molecule has 0 radical (unpaired) electrons. The van der Waals surface area contributed by atoms with Gasteiger partial charge in [-0.25, -0.2) is 9.97 Å². The zero-order chi connectivity index (χ0) is 19.4. The number of H-pyrrole nitrogens is 2. The maximum Gasteiger partial charge on any atom is 0.291 e. The predicted molar refractivity (Wildman–Crippen MR) is 107 cm³/mol. The van der Waals surface area contributed by atoms with Gasteiger partial charge < -0.3 is 9.88 Å². The largest absolute Gasteiger partial charge is 0.349 e. The van der Waals surface area contributed by atoms with Crippen LogP contribution < -0.4 is 10.5 Å². The number of rotatable bonds is 7. The van der Waals surface area contributed by atoms with Crippen LogP contribution in [0.25, 0.3) is 11.5 Å². The monoisotopic (exact) mass is 373 g/mol. The van der Waals surface area contributed by atoms with Crippen LogP contribution in [0.3, 0.4) is 0 Å². The van der Waals surface area contributed by atoms with Gasteiger partial charge in [-0.05, 0) is 26.7 Å². The molecular weight excluding hydrogens is 342 g/mol. The second kappa shape index (κ2) is 8.65. The van der Waals surface area contributed by atoms with Crippen LogP contribution in [0.5, 0.6) is 0 Å². The molecule has 3 rings (SSSR count). The van der Waals surface area contributed by atoms with Gasteiger partial charge in [0.2, 0.25) is 0 Å². The van der Waals surface area contributed by atoms with Crippen molar-refractivity contribution in [2.45, 2.75) is 65.5 Å². The number of anilines is 1. The molecule has 148 valence electrons. The predicted octanol–water partition coefficient (Wildman–Crippen LogP) is 2.34. The quantitative estimate of drug-likeness (QED) is 0.774. The van der Waals surface area contributed by atoms with E-state index in [0.29, 0.717) is 35.2 Å². The lowest BCUT2D eigenvalue weighted by Gasteiger charge is -2.44. The van der Waals surface area contributed by atoms with Gasteiger partial charge in [0, 0.05) is 31.7 Å². The number of aromatic nitrogens is 5. The second-order valence-electron chi connectivity index (χ2n) is 7.46. The molecule has 2 N–H and O–H groups in total. The van der Waals surface area contributed by atoms with E-state index in [9.17, 15) is 4.79 Å². The van der Waals surface area contributed by atoms with E-state index in [0.717, 1.165) is 19.6 Å². The van der Waals surface area contributed by atoms with Crippen molar-refractivity contribution in [2.75, 3.05) is 24.5 Å². The summed E-state index contributed by atoms with van der Waals surface area (Å²) in [4.78, 5) is 28.9. The Morgan fingerprint density at radius 2 is 2.00 bits per heavy atom. The highest BCUT2D eigenvalue weighted by molar-refractivity contribution is 5.49. The second-order valence-corrected chi connectivity index (χ2v) is 7.46. The van der Waals surface area contributed by atoms with E-state index in [1.807, 2.05) is 6.92 Å². The molecule has 8 nitrogen and oxygen atoms in total. The highest BCUT2D eigenvalue weighted by atomic mass is 16.1. The van der Waals surface area contributed by atoms with Gasteiger partial charge in [0.15, 0.2) is 11.6 Å². The molecule has 0 spiro atoms. The highest BCUT2D eigenvalue weighted by Crippen LogP contribution is 2.22. The molecule has 2 aromatic rings. The zero-order valence-corrected chi connectivity index (χ0v) is 16.8. The number of nitrogens with zero attached hydrogens (tertiary/aromatic N) is 5. The fourth-order valence-electron chi connectivity index (χ4n) is 4.05. The molecule has 27 heavy (non-hydrogen) atoms. The Balaban J connectivity index is 1.72. The van der Waals surface area contributed by atoms with Crippen molar-refractivity contribution in [3.05, 3.63) is 22.4 Å². The molecule has 1 atom stereocenters. The normalized spacial score (nSPS) is 18.4. The average Bonchev–Trinajstić information content (AvgIpc) is 3.08. The number of aromatic amines is 2. The van der Waals surface area contributed by atoms with Crippen LogP contribution in [0.15, 0.2) is 11.0 Å². The lowest BCUT2D eigenvalue weighted by Crippen LogP contribution is -2.56. The van der Waals surface area contributed by atoms with Gasteiger partial charge >= 0.3 is 0 Å². The summed E-state index contributed by atoms with van der Waals surface area (Å²) in [6.45, 7) is 11.2. The lowest BCUT2D eigenvalue weighted by atomic mass is 10.0. The van der Waals surface area contributed by atoms with Gasteiger partial charge in [0.05, 0.1) is 6.20 Å². The fourth-order valence-corrected chi connectivity index (χ4v) is 4.05. The average molecular weight is 374 g/mol. The van der Waals surface area contributed by atoms with Crippen LogP contribution >= 0.6 is 0 Å². The molecule has 0 aliphatic carbocycles. The number of aryl methyl sites for hydroxylation is 1. The molecule has 1 saturated heterocycles. The van der Waals surface area contributed by atoms with Crippen LogP contribution in [0.2, 0.25) is 0 Å². The first kappa shape index (κ1) is 19.5. The van der Waals surface area contributed by atoms with Crippen molar-refractivity contribution in [2.24, 2.45) is 0 Å². The first-order chi connectivity index (χ1) is 13.0. The van der Waals surface area contributed by atoms with E-state index in [-0.39, 0.29) is 5.56 Å². The number of hydrogen-bond donors (Lipinski definition) is 2. The molecule has 1 aliphatic heterocycles. The number of hydrogen-bond acceptors (Lipinski definition) is 6. The first-order valence-corrected chi connectivity index (χ1v) is 10.0. The summed E-state index contributed by atoms with van der Waals surface area (Å²) in [5.41, 5.74) is 0.347. The third-order valence-corrected chi connectivity index (χ3v) is 5.30. The van der Waals surface area contributed by atoms with E-state index in [1.165, 1.54) is 25.7 Å². The van der Waals surface area contributed by atoms with E-state index in [1.54, 1.807) is 6.20 Å². The Labute approximate surface area is 160 Å². The van der Waals surface area contributed by atoms with E-state index >= 15 is 0 Å². The summed E-state index contributed by atoms with van der Waals surface area (Å²) in [6.07, 6.45) is 6.54. The topological polar surface area (TPSA) is 93.8 Å². The molecule has 1 aliphatic rings. The smallest absolute Gasteiger partial charge is 0.291 e. The summed E-state index contributed by atoms with van der Waals surface area (Å²) >= 11 is 0.